The van der Waals surface area contributed by atoms with Crippen LogP contribution in [0.25, 0.3) is 0 Å². The van der Waals surface area contributed by atoms with Crippen molar-refractivity contribution in [1.82, 2.24) is 9.97 Å². The smallest absolute Gasteiger partial charge is 0.222 e. The van der Waals surface area contributed by atoms with Crippen molar-refractivity contribution in [3.8, 4) is 0 Å². The molecule has 0 unspecified atom stereocenters. The van der Waals surface area contributed by atoms with Gasteiger partial charge in [0, 0.05) is 24.7 Å². The average Bonchev–Trinajstić information content (AvgIpc) is 2.23. The Balaban J connectivity index is 2.01. The number of nitrogens with zero attached hydrogens (tertiary/aromatic N) is 2. The molecule has 1 aromatic rings. The molecule has 0 radical (unpaired) electrons. The van der Waals surface area contributed by atoms with E-state index in [1.165, 1.54) is 0 Å². The van der Waals surface area contributed by atoms with E-state index in [0.29, 0.717) is 5.95 Å². The van der Waals surface area contributed by atoms with Gasteiger partial charge in [0.2, 0.25) is 5.95 Å². The van der Waals surface area contributed by atoms with E-state index in [1.807, 2.05) is 13.8 Å². The van der Waals surface area contributed by atoms with E-state index < -0.39 is 5.60 Å². The van der Waals surface area contributed by atoms with E-state index in [4.69, 9.17) is 0 Å². The van der Waals surface area contributed by atoms with Crippen molar-refractivity contribution in [1.29, 1.82) is 0 Å². The summed E-state index contributed by atoms with van der Waals surface area (Å²) in [7, 11) is 0. The van der Waals surface area contributed by atoms with Crippen LogP contribution >= 0.6 is 11.8 Å². The Bertz CT molecular complexity index is 287. The lowest BCUT2D eigenvalue weighted by Gasteiger charge is -2.15. The zero-order chi connectivity index (χ0) is 11.9. The summed E-state index contributed by atoms with van der Waals surface area (Å²) in [6.45, 7) is 4.52. The standard InChI is InChI=1S/C11H19N3OS/c1-11(2,15)9-16-8-4-7-14-10-12-5-3-6-13-10/h3,5-6,15H,4,7-9H2,1-2H3,(H,12,13,14). The quantitative estimate of drug-likeness (QED) is 0.713. The molecule has 0 aliphatic carbocycles. The zero-order valence-electron chi connectivity index (χ0n) is 9.81. The Morgan fingerprint density at radius 1 is 1.38 bits per heavy atom. The highest BCUT2D eigenvalue weighted by molar-refractivity contribution is 7.99. The van der Waals surface area contributed by atoms with Crippen molar-refractivity contribution in [2.45, 2.75) is 25.9 Å². The number of aliphatic hydroxyl groups is 1. The number of thioether (sulfide) groups is 1. The Hall–Kier alpha value is -0.810. The molecule has 0 saturated carbocycles. The molecule has 1 heterocycles. The van der Waals surface area contributed by atoms with E-state index >= 15 is 0 Å². The van der Waals surface area contributed by atoms with Crippen molar-refractivity contribution in [3.63, 3.8) is 0 Å². The third kappa shape index (κ3) is 6.63. The molecule has 2 N–H and O–H groups in total. The Morgan fingerprint density at radius 2 is 2.06 bits per heavy atom. The molecule has 0 bridgehead atoms. The third-order valence-electron chi connectivity index (χ3n) is 1.77. The van der Waals surface area contributed by atoms with Crippen LogP contribution in [0.4, 0.5) is 5.95 Å². The summed E-state index contributed by atoms with van der Waals surface area (Å²) in [5.41, 5.74) is -0.569. The molecule has 0 saturated heterocycles. The summed E-state index contributed by atoms with van der Waals surface area (Å²) in [4.78, 5) is 8.13. The normalized spacial score (nSPS) is 11.4. The first-order valence-corrected chi connectivity index (χ1v) is 6.54. The van der Waals surface area contributed by atoms with Gasteiger partial charge >= 0.3 is 0 Å². The molecule has 0 atom stereocenters. The maximum atomic E-state index is 9.50. The highest BCUT2D eigenvalue weighted by Gasteiger charge is 2.11. The minimum atomic E-state index is -0.569. The van der Waals surface area contributed by atoms with Crippen LogP contribution in [-0.2, 0) is 0 Å². The van der Waals surface area contributed by atoms with E-state index in [2.05, 4.69) is 15.3 Å². The number of anilines is 1. The molecular weight excluding hydrogens is 222 g/mol. The fraction of sp³-hybridized carbons (Fsp3) is 0.636. The van der Waals surface area contributed by atoms with E-state index in [0.717, 1.165) is 24.5 Å². The summed E-state index contributed by atoms with van der Waals surface area (Å²) in [5.74, 6) is 2.48. The van der Waals surface area contributed by atoms with Crippen LogP contribution in [0.15, 0.2) is 18.5 Å². The van der Waals surface area contributed by atoms with Gasteiger partial charge in [-0.05, 0) is 32.1 Å². The lowest BCUT2D eigenvalue weighted by Crippen LogP contribution is -2.22. The summed E-state index contributed by atoms with van der Waals surface area (Å²) >= 11 is 1.76. The predicted molar refractivity (Wildman–Crippen MR) is 68.8 cm³/mol. The molecule has 0 spiro atoms. The zero-order valence-corrected chi connectivity index (χ0v) is 10.6. The molecule has 5 heteroatoms. The van der Waals surface area contributed by atoms with Crippen molar-refractivity contribution in [2.24, 2.45) is 0 Å². The van der Waals surface area contributed by atoms with Gasteiger partial charge in [-0.1, -0.05) is 0 Å². The fourth-order valence-corrected chi connectivity index (χ4v) is 2.08. The predicted octanol–water partition coefficient (Wildman–Crippen LogP) is 1.78. The van der Waals surface area contributed by atoms with Gasteiger partial charge in [-0.3, -0.25) is 0 Å². The van der Waals surface area contributed by atoms with Crippen LogP contribution in [0.1, 0.15) is 20.3 Å². The second-order valence-corrected chi connectivity index (χ2v) is 5.32. The molecule has 16 heavy (non-hydrogen) atoms. The minimum Gasteiger partial charge on any atom is -0.390 e. The van der Waals surface area contributed by atoms with Gasteiger partial charge in [-0.2, -0.15) is 11.8 Å². The number of hydrogen-bond donors (Lipinski definition) is 2. The number of aromatic nitrogens is 2. The number of hydrogen-bond acceptors (Lipinski definition) is 5. The first-order chi connectivity index (χ1) is 7.58. The van der Waals surface area contributed by atoms with Gasteiger partial charge < -0.3 is 10.4 Å². The molecule has 0 aliphatic heterocycles. The van der Waals surface area contributed by atoms with Gasteiger partial charge in [-0.15, -0.1) is 0 Å². The maximum Gasteiger partial charge on any atom is 0.222 e. The molecular formula is C11H19N3OS. The Morgan fingerprint density at radius 3 is 2.69 bits per heavy atom. The largest absolute Gasteiger partial charge is 0.390 e. The first kappa shape index (κ1) is 13.3. The highest BCUT2D eigenvalue weighted by atomic mass is 32.2. The molecule has 1 rings (SSSR count). The lowest BCUT2D eigenvalue weighted by molar-refractivity contribution is 0.107. The molecule has 0 aliphatic rings. The van der Waals surface area contributed by atoms with E-state index in [1.54, 1.807) is 30.2 Å². The van der Waals surface area contributed by atoms with Crippen LogP contribution in [0.2, 0.25) is 0 Å². The molecule has 0 fully saturated rings. The monoisotopic (exact) mass is 241 g/mol. The van der Waals surface area contributed by atoms with Crippen molar-refractivity contribution < 1.29 is 5.11 Å². The van der Waals surface area contributed by atoms with Crippen LogP contribution in [-0.4, -0.2) is 38.7 Å². The summed E-state index contributed by atoms with van der Waals surface area (Å²) in [5, 5.41) is 12.6. The topological polar surface area (TPSA) is 58.0 Å². The van der Waals surface area contributed by atoms with Gasteiger partial charge in [0.15, 0.2) is 0 Å². The number of nitrogens with one attached hydrogen (secondary N) is 1. The molecule has 0 amide bonds. The Kier molecular flexibility index (Phi) is 5.55. The SMILES string of the molecule is CC(C)(O)CSCCCNc1ncccn1. The Labute approximate surface area is 101 Å². The fourth-order valence-electron chi connectivity index (χ4n) is 1.09. The summed E-state index contributed by atoms with van der Waals surface area (Å²) in [6, 6.07) is 1.80. The highest BCUT2D eigenvalue weighted by Crippen LogP contribution is 2.12. The van der Waals surface area contributed by atoms with Crippen molar-refractivity contribution >= 4 is 17.7 Å². The van der Waals surface area contributed by atoms with E-state index in [9.17, 15) is 5.11 Å². The minimum absolute atomic E-state index is 0.569. The molecule has 0 aromatic carbocycles. The van der Waals surface area contributed by atoms with Crippen LogP contribution in [0.3, 0.4) is 0 Å². The third-order valence-corrected chi connectivity index (χ3v) is 3.26. The second kappa shape index (κ2) is 6.70. The van der Waals surface area contributed by atoms with Gasteiger partial charge in [0.1, 0.15) is 0 Å². The maximum absolute atomic E-state index is 9.50. The van der Waals surface area contributed by atoms with Crippen LogP contribution < -0.4 is 5.32 Å². The summed E-state index contributed by atoms with van der Waals surface area (Å²) < 4.78 is 0. The second-order valence-electron chi connectivity index (χ2n) is 4.22. The van der Waals surface area contributed by atoms with Gasteiger partial charge in [0.25, 0.3) is 0 Å². The number of rotatable bonds is 7. The molecule has 1 aromatic heterocycles. The first-order valence-electron chi connectivity index (χ1n) is 5.39. The van der Waals surface area contributed by atoms with Gasteiger partial charge in [0.05, 0.1) is 5.60 Å². The van der Waals surface area contributed by atoms with E-state index in [-0.39, 0.29) is 0 Å². The summed E-state index contributed by atoms with van der Waals surface area (Å²) in [6.07, 6.45) is 4.48. The van der Waals surface area contributed by atoms with Crippen LogP contribution in [0.5, 0.6) is 0 Å². The average molecular weight is 241 g/mol. The van der Waals surface area contributed by atoms with Gasteiger partial charge in [-0.25, -0.2) is 9.97 Å². The van der Waals surface area contributed by atoms with Crippen molar-refractivity contribution in [3.05, 3.63) is 18.5 Å². The lowest BCUT2D eigenvalue weighted by atomic mass is 10.2. The molecule has 4 nitrogen and oxygen atoms in total. The molecule has 90 valence electrons. The van der Waals surface area contributed by atoms with Crippen molar-refractivity contribution in [2.75, 3.05) is 23.4 Å². The van der Waals surface area contributed by atoms with Crippen LogP contribution in [0, 0.1) is 0 Å².